The van der Waals surface area contributed by atoms with E-state index in [4.69, 9.17) is 13.9 Å². The fourth-order valence-corrected chi connectivity index (χ4v) is 3.37. The summed E-state index contributed by atoms with van der Waals surface area (Å²) in [6.45, 7) is 0.620. The summed E-state index contributed by atoms with van der Waals surface area (Å²) in [4.78, 5) is 27.1. The molecule has 0 bridgehead atoms. The summed E-state index contributed by atoms with van der Waals surface area (Å²) in [5.41, 5.74) is 1.99. The van der Waals surface area contributed by atoms with Crippen LogP contribution in [0.3, 0.4) is 0 Å². The number of ether oxygens (including phenoxy) is 2. The van der Waals surface area contributed by atoms with Crippen LogP contribution in [0, 0.1) is 0 Å². The number of para-hydroxylation sites is 1. The van der Waals surface area contributed by atoms with Crippen molar-refractivity contribution >= 4 is 11.9 Å². The van der Waals surface area contributed by atoms with E-state index in [1.807, 2.05) is 91.0 Å². The average Bonchev–Trinajstić information content (AvgIpc) is 3.37. The van der Waals surface area contributed by atoms with Crippen molar-refractivity contribution in [2.75, 3.05) is 6.61 Å². The Morgan fingerprint density at radius 2 is 1.26 bits per heavy atom. The standard InChI is InChI=1S/C28H25NO5/c30-27(29(18-22-10-4-1-5-11-22)19-23-12-6-2-7-13-23)21-33-28(31)26-17-16-25(34-26)20-32-24-14-8-3-9-15-24/h1-17H,18-21H2. The molecule has 0 aliphatic carbocycles. The Morgan fingerprint density at radius 1 is 0.706 bits per heavy atom. The lowest BCUT2D eigenvalue weighted by molar-refractivity contribution is -0.135. The lowest BCUT2D eigenvalue weighted by Gasteiger charge is -2.23. The van der Waals surface area contributed by atoms with E-state index in [1.165, 1.54) is 6.07 Å². The molecule has 0 N–H and O–H groups in total. The van der Waals surface area contributed by atoms with Crippen LogP contribution in [-0.2, 0) is 29.2 Å². The largest absolute Gasteiger partial charge is 0.486 e. The zero-order chi connectivity index (χ0) is 23.6. The molecule has 34 heavy (non-hydrogen) atoms. The second-order valence-electron chi connectivity index (χ2n) is 7.66. The van der Waals surface area contributed by atoms with E-state index >= 15 is 0 Å². The molecule has 0 unspecified atom stereocenters. The third-order valence-electron chi connectivity index (χ3n) is 5.10. The Labute approximate surface area is 198 Å². The van der Waals surface area contributed by atoms with Crippen LogP contribution in [0.2, 0.25) is 0 Å². The summed E-state index contributed by atoms with van der Waals surface area (Å²) in [5, 5.41) is 0. The van der Waals surface area contributed by atoms with E-state index in [0.29, 0.717) is 24.6 Å². The van der Waals surface area contributed by atoms with Gasteiger partial charge in [0.25, 0.3) is 5.91 Å². The van der Waals surface area contributed by atoms with Gasteiger partial charge in [0, 0.05) is 13.1 Å². The fraction of sp³-hybridized carbons (Fsp3) is 0.143. The molecular weight excluding hydrogens is 430 g/mol. The topological polar surface area (TPSA) is 69.0 Å². The average molecular weight is 456 g/mol. The first-order chi connectivity index (χ1) is 16.7. The van der Waals surface area contributed by atoms with Crippen LogP contribution in [-0.4, -0.2) is 23.4 Å². The Bertz CT molecular complexity index is 1150. The summed E-state index contributed by atoms with van der Waals surface area (Å²) >= 11 is 0. The second-order valence-corrected chi connectivity index (χ2v) is 7.66. The van der Waals surface area contributed by atoms with Crippen molar-refractivity contribution in [2.45, 2.75) is 19.7 Å². The monoisotopic (exact) mass is 455 g/mol. The number of hydrogen-bond acceptors (Lipinski definition) is 5. The third kappa shape index (κ3) is 6.59. The first kappa shape index (κ1) is 22.9. The lowest BCUT2D eigenvalue weighted by Crippen LogP contribution is -2.33. The Hall–Kier alpha value is -4.32. The lowest BCUT2D eigenvalue weighted by atomic mass is 10.1. The molecule has 0 spiro atoms. The molecule has 0 radical (unpaired) electrons. The molecule has 0 saturated carbocycles. The molecule has 0 fully saturated rings. The van der Waals surface area contributed by atoms with Gasteiger partial charge in [0.05, 0.1) is 0 Å². The summed E-state index contributed by atoms with van der Waals surface area (Å²) in [6.07, 6.45) is 0. The zero-order valence-corrected chi connectivity index (χ0v) is 18.6. The maximum atomic E-state index is 13.0. The first-order valence-electron chi connectivity index (χ1n) is 11.0. The summed E-state index contributed by atoms with van der Waals surface area (Å²) in [6, 6.07) is 31.9. The van der Waals surface area contributed by atoms with Gasteiger partial charge in [0.15, 0.2) is 6.61 Å². The van der Waals surface area contributed by atoms with Gasteiger partial charge < -0.3 is 18.8 Å². The van der Waals surface area contributed by atoms with Gasteiger partial charge in [-0.2, -0.15) is 0 Å². The van der Waals surface area contributed by atoms with Crippen molar-refractivity contribution in [3.8, 4) is 5.75 Å². The third-order valence-corrected chi connectivity index (χ3v) is 5.10. The predicted molar refractivity (Wildman–Crippen MR) is 127 cm³/mol. The van der Waals surface area contributed by atoms with E-state index < -0.39 is 5.97 Å². The molecule has 1 amide bonds. The van der Waals surface area contributed by atoms with Crippen LogP contribution in [0.25, 0.3) is 0 Å². The van der Waals surface area contributed by atoms with Crippen molar-refractivity contribution in [3.05, 3.63) is 126 Å². The molecule has 0 aliphatic rings. The minimum atomic E-state index is -0.696. The van der Waals surface area contributed by atoms with Gasteiger partial charge in [-0.15, -0.1) is 0 Å². The number of esters is 1. The molecule has 0 atom stereocenters. The van der Waals surface area contributed by atoms with Gasteiger partial charge in [0.1, 0.15) is 18.1 Å². The van der Waals surface area contributed by atoms with E-state index in [2.05, 4.69) is 0 Å². The quantitative estimate of drug-likeness (QED) is 0.306. The molecule has 0 saturated heterocycles. The van der Waals surface area contributed by atoms with Crippen LogP contribution in [0.1, 0.15) is 27.4 Å². The Morgan fingerprint density at radius 3 is 1.85 bits per heavy atom. The summed E-state index contributed by atoms with van der Waals surface area (Å²) in [7, 11) is 0. The molecule has 3 aromatic carbocycles. The van der Waals surface area contributed by atoms with Gasteiger partial charge in [-0.05, 0) is 35.4 Å². The Kier molecular flexibility index (Phi) is 7.74. The van der Waals surface area contributed by atoms with Crippen LogP contribution in [0.5, 0.6) is 5.75 Å². The number of benzene rings is 3. The molecule has 1 heterocycles. The number of rotatable bonds is 10. The summed E-state index contributed by atoms with van der Waals surface area (Å²) in [5.74, 6) is 0.221. The second kappa shape index (κ2) is 11.5. The number of furan rings is 1. The van der Waals surface area contributed by atoms with Gasteiger partial charge in [-0.3, -0.25) is 4.79 Å². The molecule has 4 aromatic rings. The minimum Gasteiger partial charge on any atom is -0.486 e. The highest BCUT2D eigenvalue weighted by Gasteiger charge is 2.19. The van der Waals surface area contributed by atoms with E-state index in [9.17, 15) is 9.59 Å². The number of amides is 1. The molecule has 4 rings (SSSR count). The van der Waals surface area contributed by atoms with Gasteiger partial charge in [0.2, 0.25) is 5.76 Å². The highest BCUT2D eigenvalue weighted by Crippen LogP contribution is 2.15. The molecule has 0 aliphatic heterocycles. The molecule has 6 nitrogen and oxygen atoms in total. The predicted octanol–water partition coefficient (Wildman–Crippen LogP) is 5.24. The van der Waals surface area contributed by atoms with Gasteiger partial charge in [-0.1, -0.05) is 78.9 Å². The number of carbonyl (C=O) groups excluding carboxylic acids is 2. The van der Waals surface area contributed by atoms with E-state index in [0.717, 1.165) is 11.1 Å². The maximum absolute atomic E-state index is 13.0. The summed E-state index contributed by atoms with van der Waals surface area (Å²) < 4.78 is 16.4. The SMILES string of the molecule is O=C(OCC(=O)N(Cc1ccccc1)Cc1ccccc1)c1ccc(COc2ccccc2)o1. The van der Waals surface area contributed by atoms with E-state index in [-0.39, 0.29) is 24.9 Å². The van der Waals surface area contributed by atoms with Crippen LogP contribution in [0.4, 0.5) is 0 Å². The van der Waals surface area contributed by atoms with Crippen molar-refractivity contribution in [1.29, 1.82) is 0 Å². The van der Waals surface area contributed by atoms with Crippen molar-refractivity contribution in [3.63, 3.8) is 0 Å². The van der Waals surface area contributed by atoms with Crippen LogP contribution in [0.15, 0.2) is 108 Å². The van der Waals surface area contributed by atoms with Gasteiger partial charge in [-0.25, -0.2) is 4.79 Å². The number of nitrogens with zero attached hydrogens (tertiary/aromatic N) is 1. The smallest absolute Gasteiger partial charge is 0.374 e. The zero-order valence-electron chi connectivity index (χ0n) is 18.6. The van der Waals surface area contributed by atoms with Crippen molar-refractivity contribution < 1.29 is 23.5 Å². The molecule has 6 heteroatoms. The van der Waals surface area contributed by atoms with Crippen molar-refractivity contribution in [2.24, 2.45) is 0 Å². The van der Waals surface area contributed by atoms with E-state index in [1.54, 1.807) is 11.0 Å². The molecular formula is C28H25NO5. The highest BCUT2D eigenvalue weighted by atomic mass is 16.6. The van der Waals surface area contributed by atoms with Gasteiger partial charge >= 0.3 is 5.97 Å². The van der Waals surface area contributed by atoms with Crippen LogP contribution >= 0.6 is 0 Å². The normalized spacial score (nSPS) is 10.5. The molecule has 1 aromatic heterocycles. The van der Waals surface area contributed by atoms with Crippen molar-refractivity contribution in [1.82, 2.24) is 4.90 Å². The first-order valence-corrected chi connectivity index (χ1v) is 11.0. The number of carbonyl (C=O) groups is 2. The van der Waals surface area contributed by atoms with Crippen LogP contribution < -0.4 is 4.74 Å². The highest BCUT2D eigenvalue weighted by molar-refractivity contribution is 5.88. The number of hydrogen-bond donors (Lipinski definition) is 0. The Balaban J connectivity index is 1.34. The molecule has 172 valence electrons. The maximum Gasteiger partial charge on any atom is 0.374 e. The fourth-order valence-electron chi connectivity index (χ4n) is 3.37. The minimum absolute atomic E-state index is 0.0251.